The molecule has 0 saturated heterocycles. The molecular weight excluding hydrogens is 406 g/mol. The molecule has 2 aromatic carbocycles. The second kappa shape index (κ2) is 9.40. The molecule has 7 nitrogen and oxygen atoms in total. The molecule has 0 spiro atoms. The van der Waals surface area contributed by atoms with Gasteiger partial charge in [-0.3, -0.25) is 0 Å². The Morgan fingerprint density at radius 3 is 2.41 bits per heavy atom. The highest BCUT2D eigenvalue weighted by molar-refractivity contribution is 5.85. The quantitative estimate of drug-likeness (QED) is 0.381. The lowest BCUT2D eigenvalue weighted by atomic mass is 9.98. The van der Waals surface area contributed by atoms with Crippen LogP contribution in [-0.4, -0.2) is 41.9 Å². The Kier molecular flexibility index (Phi) is 6.22. The number of imidazole rings is 1. The lowest BCUT2D eigenvalue weighted by Gasteiger charge is -2.14. The zero-order chi connectivity index (χ0) is 22.5. The van der Waals surface area contributed by atoms with E-state index in [4.69, 9.17) is 4.74 Å². The molecule has 7 heteroatoms. The third-order valence-corrected chi connectivity index (χ3v) is 5.32. The van der Waals surface area contributed by atoms with Gasteiger partial charge >= 0.3 is 12.1 Å². The van der Waals surface area contributed by atoms with E-state index in [-0.39, 0.29) is 18.3 Å². The highest BCUT2D eigenvalue weighted by atomic mass is 16.5. The fourth-order valence-electron chi connectivity index (χ4n) is 3.84. The number of carbonyl (C=O) groups is 2. The average molecular weight is 429 g/mol. The molecule has 1 amide bonds. The number of hydrogen-bond donors (Lipinski definition) is 1. The molecule has 0 aliphatic heterocycles. The zero-order valence-corrected chi connectivity index (χ0v) is 17.9. The number of hydrogen-bond acceptors (Lipinski definition) is 5. The first-order valence-electron chi connectivity index (χ1n) is 10.3. The fraction of sp³-hybridized carbons (Fsp3) is 0.240. The van der Waals surface area contributed by atoms with E-state index < -0.39 is 12.1 Å². The number of fused-ring (bicyclic) bond motifs is 3. The summed E-state index contributed by atoms with van der Waals surface area (Å²) in [7, 11) is 3.00. The number of benzene rings is 2. The van der Waals surface area contributed by atoms with Crippen LogP contribution >= 0.6 is 0 Å². The van der Waals surface area contributed by atoms with Crippen LogP contribution in [0.4, 0.5) is 4.79 Å². The van der Waals surface area contributed by atoms with Crippen LogP contribution < -0.4 is 5.32 Å². The summed E-state index contributed by atoms with van der Waals surface area (Å²) in [6.45, 7) is 0.621. The van der Waals surface area contributed by atoms with Gasteiger partial charge in [0.15, 0.2) is 0 Å². The van der Waals surface area contributed by atoms with Crippen molar-refractivity contribution in [1.29, 1.82) is 0 Å². The predicted molar refractivity (Wildman–Crippen MR) is 119 cm³/mol. The Bertz CT molecular complexity index is 1170. The number of esters is 1. The summed E-state index contributed by atoms with van der Waals surface area (Å²) in [5.41, 5.74) is 5.20. The van der Waals surface area contributed by atoms with Gasteiger partial charge in [-0.15, -0.1) is 0 Å². The molecule has 3 aromatic rings. The van der Waals surface area contributed by atoms with Crippen LogP contribution in [0.15, 0.2) is 54.7 Å². The summed E-state index contributed by atoms with van der Waals surface area (Å²) >= 11 is 0. The number of rotatable bonds is 5. The topological polar surface area (TPSA) is 82.4 Å². The van der Waals surface area contributed by atoms with E-state index in [1.54, 1.807) is 17.8 Å². The smallest absolute Gasteiger partial charge is 0.407 e. The van der Waals surface area contributed by atoms with Gasteiger partial charge in [0.25, 0.3) is 0 Å². The molecule has 162 valence electrons. The third kappa shape index (κ3) is 4.35. The van der Waals surface area contributed by atoms with Gasteiger partial charge in [-0.1, -0.05) is 54.5 Å². The molecule has 1 aromatic heterocycles. The van der Waals surface area contributed by atoms with Crippen molar-refractivity contribution in [3.63, 3.8) is 0 Å². The molecule has 0 atom stereocenters. The van der Waals surface area contributed by atoms with Gasteiger partial charge in [0, 0.05) is 32.1 Å². The third-order valence-electron chi connectivity index (χ3n) is 5.32. The molecule has 0 unspecified atom stereocenters. The molecule has 4 rings (SSSR count). The highest BCUT2D eigenvalue weighted by Crippen LogP contribution is 2.44. The minimum atomic E-state index is -0.516. The number of alkyl carbamates (subject to hydrolysis) is 1. The van der Waals surface area contributed by atoms with E-state index in [1.165, 1.54) is 29.4 Å². The Morgan fingerprint density at radius 2 is 1.75 bits per heavy atom. The molecule has 0 saturated carbocycles. The lowest BCUT2D eigenvalue weighted by Crippen LogP contribution is -2.26. The summed E-state index contributed by atoms with van der Waals surface area (Å²) in [5.74, 6) is 5.51. The maximum Gasteiger partial charge on any atom is 0.407 e. The summed E-state index contributed by atoms with van der Waals surface area (Å²) in [5, 5.41) is 2.72. The van der Waals surface area contributed by atoms with Crippen molar-refractivity contribution in [3.8, 4) is 23.0 Å². The van der Waals surface area contributed by atoms with Gasteiger partial charge in [-0.2, -0.15) is 0 Å². The average Bonchev–Trinajstić information content (AvgIpc) is 3.34. The molecule has 1 aliphatic rings. The number of nitrogens with one attached hydrogen (secondary N) is 1. The minimum absolute atomic E-state index is 0.0288. The summed E-state index contributed by atoms with van der Waals surface area (Å²) in [6, 6.07) is 16.4. The minimum Gasteiger partial charge on any atom is -0.463 e. The van der Waals surface area contributed by atoms with Crippen LogP contribution in [-0.2, 0) is 16.5 Å². The van der Waals surface area contributed by atoms with Crippen molar-refractivity contribution in [2.24, 2.45) is 7.05 Å². The Morgan fingerprint density at radius 1 is 1.09 bits per heavy atom. The van der Waals surface area contributed by atoms with Crippen molar-refractivity contribution >= 4 is 12.1 Å². The van der Waals surface area contributed by atoms with Gasteiger partial charge < -0.3 is 19.4 Å². The van der Waals surface area contributed by atoms with Gasteiger partial charge in [0.2, 0.25) is 5.82 Å². The van der Waals surface area contributed by atoms with Gasteiger partial charge in [0.05, 0.1) is 7.11 Å². The van der Waals surface area contributed by atoms with E-state index in [9.17, 15) is 9.59 Å². The van der Waals surface area contributed by atoms with Crippen LogP contribution in [0.1, 0.15) is 39.8 Å². The molecule has 0 radical (unpaired) electrons. The number of carbonyl (C=O) groups excluding carboxylic acids is 2. The first-order valence-corrected chi connectivity index (χ1v) is 10.3. The molecule has 0 fully saturated rings. The van der Waals surface area contributed by atoms with Crippen LogP contribution in [0.5, 0.6) is 0 Å². The Labute approximate surface area is 186 Å². The van der Waals surface area contributed by atoms with Crippen LogP contribution in [0.3, 0.4) is 0 Å². The largest absolute Gasteiger partial charge is 0.463 e. The maximum atomic E-state index is 12.2. The van der Waals surface area contributed by atoms with E-state index >= 15 is 0 Å². The zero-order valence-electron chi connectivity index (χ0n) is 17.9. The number of aryl methyl sites for hydroxylation is 1. The lowest BCUT2D eigenvalue weighted by molar-refractivity contribution is 0.0582. The first kappa shape index (κ1) is 21.2. The second-order valence-corrected chi connectivity index (χ2v) is 7.36. The van der Waals surface area contributed by atoms with E-state index in [0.717, 1.165) is 0 Å². The number of ether oxygens (including phenoxy) is 2. The number of nitrogens with zero attached hydrogens (tertiary/aromatic N) is 2. The van der Waals surface area contributed by atoms with Crippen molar-refractivity contribution in [1.82, 2.24) is 14.9 Å². The SMILES string of the molecule is COC(=O)c1nc(C#CCCNC(=O)OCC2c3ccccc3-c3ccccc32)cn1C. The second-order valence-electron chi connectivity index (χ2n) is 7.36. The summed E-state index contributed by atoms with van der Waals surface area (Å²) in [6.07, 6.45) is 1.60. The van der Waals surface area contributed by atoms with Crippen molar-refractivity contribution in [3.05, 3.63) is 77.4 Å². The monoisotopic (exact) mass is 429 g/mol. The first-order chi connectivity index (χ1) is 15.6. The maximum absolute atomic E-state index is 12.2. The van der Waals surface area contributed by atoms with E-state index in [1.807, 2.05) is 24.3 Å². The summed E-state index contributed by atoms with van der Waals surface area (Å²) < 4.78 is 11.7. The van der Waals surface area contributed by atoms with Crippen molar-refractivity contribution < 1.29 is 19.1 Å². The van der Waals surface area contributed by atoms with Gasteiger partial charge in [-0.05, 0) is 28.2 Å². The van der Waals surface area contributed by atoms with Gasteiger partial charge in [0.1, 0.15) is 12.3 Å². The van der Waals surface area contributed by atoms with Crippen LogP contribution in [0, 0.1) is 11.8 Å². The molecule has 32 heavy (non-hydrogen) atoms. The van der Waals surface area contributed by atoms with E-state index in [2.05, 4.69) is 51.1 Å². The molecule has 0 bridgehead atoms. The van der Waals surface area contributed by atoms with Crippen LogP contribution in [0.2, 0.25) is 0 Å². The predicted octanol–water partition coefficient (Wildman–Crippen LogP) is 3.49. The number of methoxy groups -OCH3 is 1. The van der Waals surface area contributed by atoms with Crippen LogP contribution in [0.25, 0.3) is 11.1 Å². The Hall–Kier alpha value is -4.05. The van der Waals surface area contributed by atoms with Crippen molar-refractivity contribution in [2.75, 3.05) is 20.3 Å². The molecule has 1 N–H and O–H groups in total. The highest BCUT2D eigenvalue weighted by Gasteiger charge is 2.28. The summed E-state index contributed by atoms with van der Waals surface area (Å²) in [4.78, 5) is 27.9. The molecule has 1 aliphatic carbocycles. The standard InChI is InChI=1S/C25H23N3O4/c1-28-15-17(27-23(28)24(29)31-2)9-7-8-14-26-25(30)32-16-22-20-12-5-3-10-18(20)19-11-4-6-13-21(19)22/h3-6,10-13,15,22H,8,14,16H2,1-2H3,(H,26,30). The van der Waals surface area contributed by atoms with E-state index in [0.29, 0.717) is 18.7 Å². The normalized spacial score (nSPS) is 11.7. The molecular formula is C25H23N3O4. The number of aromatic nitrogens is 2. The van der Waals surface area contributed by atoms with Crippen molar-refractivity contribution in [2.45, 2.75) is 12.3 Å². The number of amides is 1. The fourth-order valence-corrected chi connectivity index (χ4v) is 3.84. The van der Waals surface area contributed by atoms with Gasteiger partial charge in [-0.25, -0.2) is 14.6 Å². The molecule has 1 heterocycles. The Balaban J connectivity index is 1.27.